The van der Waals surface area contributed by atoms with Gasteiger partial charge < -0.3 is 41.0 Å². The van der Waals surface area contributed by atoms with Crippen LogP contribution in [0.2, 0.25) is 0 Å². The van der Waals surface area contributed by atoms with Crippen LogP contribution in [0.3, 0.4) is 0 Å². The third kappa shape index (κ3) is 12.9. The van der Waals surface area contributed by atoms with E-state index in [9.17, 15) is 29.1 Å². The fraction of sp³-hybridized carbons (Fsp3) is 0.302. The average Bonchev–Trinajstić information content (AvgIpc) is 3.74. The lowest BCUT2D eigenvalue weighted by Crippen LogP contribution is -2.53. The standard InChI is InChI=1S/C43H48N6O9/c44-35(40(52)53)18-10-25-49(43(55)58-29-33-16-8-3-9-17-33)41(45)47-38(50)37-19-11-24-48(37)39(51)36(46-42(54)57-28-32-14-6-2-7-15-32)26-30-20-22-34(23-21-30)56-27-31-12-4-1-5-13-31/h1-9,12-17,20-23,35-37H,10-11,18-19,24-29,44H2,(H,46,54)(H,52,53)(H2,45,47,50)/t35-,36-,37-/m0/s1. The number of hydrogen-bond acceptors (Lipinski definition) is 9. The van der Waals surface area contributed by atoms with Crippen LogP contribution in [0, 0.1) is 0 Å². The second kappa shape index (κ2) is 21.5. The minimum Gasteiger partial charge on any atom is -0.489 e. The second-order valence-corrected chi connectivity index (χ2v) is 13.7. The number of nitrogens with one attached hydrogen (secondary N) is 1. The van der Waals surface area contributed by atoms with Crippen molar-refractivity contribution in [1.82, 2.24) is 15.1 Å². The van der Waals surface area contributed by atoms with E-state index in [1.807, 2.05) is 54.6 Å². The number of nitrogens with zero attached hydrogens (tertiary/aromatic N) is 3. The molecule has 15 nitrogen and oxygen atoms in total. The van der Waals surface area contributed by atoms with E-state index in [2.05, 4.69) is 10.3 Å². The third-order valence-electron chi connectivity index (χ3n) is 9.38. The highest BCUT2D eigenvalue weighted by atomic mass is 16.6. The van der Waals surface area contributed by atoms with Crippen molar-refractivity contribution < 1.29 is 43.3 Å². The highest BCUT2D eigenvalue weighted by Gasteiger charge is 2.38. The van der Waals surface area contributed by atoms with E-state index in [4.69, 9.17) is 25.7 Å². The lowest BCUT2D eigenvalue weighted by atomic mass is 10.0. The third-order valence-corrected chi connectivity index (χ3v) is 9.38. The number of likely N-dealkylation sites (tertiary alicyclic amines) is 1. The van der Waals surface area contributed by atoms with Crippen LogP contribution in [0.25, 0.3) is 0 Å². The van der Waals surface area contributed by atoms with E-state index in [-0.39, 0.29) is 52.0 Å². The molecular formula is C43H48N6O9. The normalized spacial score (nSPS) is 14.8. The molecule has 0 radical (unpaired) electrons. The van der Waals surface area contributed by atoms with Gasteiger partial charge in [-0.25, -0.2) is 14.5 Å². The number of alkyl carbamates (subject to hydrolysis) is 1. The van der Waals surface area contributed by atoms with Gasteiger partial charge in [-0.3, -0.25) is 14.4 Å². The van der Waals surface area contributed by atoms with Crippen LogP contribution in [0.15, 0.2) is 120 Å². The number of nitrogens with two attached hydrogens (primary N) is 2. The van der Waals surface area contributed by atoms with Crippen molar-refractivity contribution in [3.63, 3.8) is 0 Å². The van der Waals surface area contributed by atoms with Crippen molar-refractivity contribution >= 4 is 35.9 Å². The first-order valence-electron chi connectivity index (χ1n) is 19.0. The molecule has 4 amide bonds. The first-order valence-corrected chi connectivity index (χ1v) is 19.0. The molecule has 0 aliphatic carbocycles. The van der Waals surface area contributed by atoms with Crippen LogP contribution in [0.4, 0.5) is 9.59 Å². The lowest BCUT2D eigenvalue weighted by molar-refractivity contribution is -0.139. The zero-order chi connectivity index (χ0) is 41.3. The van der Waals surface area contributed by atoms with Gasteiger partial charge in [0.05, 0.1) is 0 Å². The predicted octanol–water partition coefficient (Wildman–Crippen LogP) is 4.77. The van der Waals surface area contributed by atoms with Crippen molar-refractivity contribution in [3.05, 3.63) is 138 Å². The number of rotatable bonds is 17. The maximum Gasteiger partial charge on any atom is 0.416 e. The summed E-state index contributed by atoms with van der Waals surface area (Å²) in [6, 6.07) is 31.5. The maximum absolute atomic E-state index is 14.3. The molecule has 4 aromatic carbocycles. The molecule has 1 fully saturated rings. The fourth-order valence-electron chi connectivity index (χ4n) is 6.23. The monoisotopic (exact) mass is 792 g/mol. The van der Waals surface area contributed by atoms with Crippen LogP contribution in [0.1, 0.15) is 47.9 Å². The Morgan fingerprint density at radius 1 is 0.793 bits per heavy atom. The summed E-state index contributed by atoms with van der Waals surface area (Å²) < 4.78 is 16.8. The molecule has 5 rings (SSSR count). The van der Waals surface area contributed by atoms with Gasteiger partial charge in [-0.15, -0.1) is 0 Å². The Morgan fingerprint density at radius 2 is 1.36 bits per heavy atom. The van der Waals surface area contributed by atoms with E-state index < -0.39 is 54.1 Å². The summed E-state index contributed by atoms with van der Waals surface area (Å²) in [5.74, 6) is -2.39. The number of aliphatic carboxylic acids is 1. The summed E-state index contributed by atoms with van der Waals surface area (Å²) in [6.45, 7) is 0.315. The molecule has 304 valence electrons. The molecule has 58 heavy (non-hydrogen) atoms. The Labute approximate surface area is 336 Å². The summed E-state index contributed by atoms with van der Waals surface area (Å²) in [5.41, 5.74) is 15.1. The number of aliphatic imine (C=N–C) groups is 1. The molecule has 0 saturated carbocycles. The number of ether oxygens (including phenoxy) is 3. The summed E-state index contributed by atoms with van der Waals surface area (Å²) in [7, 11) is 0. The van der Waals surface area contributed by atoms with Gasteiger partial charge in [-0.2, -0.15) is 4.99 Å². The van der Waals surface area contributed by atoms with Crippen LogP contribution in [0.5, 0.6) is 5.75 Å². The van der Waals surface area contributed by atoms with Gasteiger partial charge in [0, 0.05) is 19.5 Å². The lowest BCUT2D eigenvalue weighted by Gasteiger charge is -2.28. The molecule has 1 aliphatic rings. The van der Waals surface area contributed by atoms with Crippen molar-refractivity contribution in [3.8, 4) is 5.75 Å². The van der Waals surface area contributed by atoms with Gasteiger partial charge >= 0.3 is 18.2 Å². The summed E-state index contributed by atoms with van der Waals surface area (Å²) in [4.78, 5) is 71.9. The van der Waals surface area contributed by atoms with Crippen molar-refractivity contribution in [2.24, 2.45) is 16.5 Å². The van der Waals surface area contributed by atoms with Gasteiger partial charge in [-0.1, -0.05) is 103 Å². The molecule has 1 saturated heterocycles. The van der Waals surface area contributed by atoms with E-state index in [1.165, 1.54) is 4.90 Å². The minimum absolute atomic E-state index is 0.00946. The molecule has 1 aliphatic heterocycles. The van der Waals surface area contributed by atoms with Gasteiger partial charge in [0.1, 0.15) is 43.7 Å². The highest BCUT2D eigenvalue weighted by molar-refractivity contribution is 6.02. The van der Waals surface area contributed by atoms with Crippen LogP contribution >= 0.6 is 0 Å². The quantitative estimate of drug-likeness (QED) is 0.0844. The molecule has 6 N–H and O–H groups in total. The van der Waals surface area contributed by atoms with Crippen molar-refractivity contribution in [1.29, 1.82) is 0 Å². The Balaban J connectivity index is 1.30. The van der Waals surface area contributed by atoms with Gasteiger partial charge in [-0.05, 0) is 60.1 Å². The number of carbonyl (C=O) groups excluding carboxylic acids is 4. The molecule has 0 unspecified atom stereocenters. The number of guanidine groups is 1. The maximum atomic E-state index is 14.3. The van der Waals surface area contributed by atoms with Crippen molar-refractivity contribution in [2.45, 2.75) is 70.1 Å². The zero-order valence-corrected chi connectivity index (χ0v) is 32.0. The van der Waals surface area contributed by atoms with Gasteiger partial charge in [0.25, 0.3) is 5.91 Å². The summed E-state index contributed by atoms with van der Waals surface area (Å²) >= 11 is 0. The molecule has 3 atom stereocenters. The smallest absolute Gasteiger partial charge is 0.416 e. The number of carbonyl (C=O) groups is 5. The minimum atomic E-state index is -1.21. The predicted molar refractivity (Wildman–Crippen MR) is 214 cm³/mol. The topological polar surface area (TPSA) is 216 Å². The average molecular weight is 793 g/mol. The summed E-state index contributed by atoms with van der Waals surface area (Å²) in [6.07, 6.45) is -0.813. The molecule has 1 heterocycles. The number of hydrogen-bond donors (Lipinski definition) is 4. The number of benzene rings is 4. The van der Waals surface area contributed by atoms with Crippen molar-refractivity contribution in [2.75, 3.05) is 13.1 Å². The molecule has 4 aromatic rings. The molecular weight excluding hydrogens is 745 g/mol. The first kappa shape index (κ1) is 42.4. The number of carboxylic acids is 1. The zero-order valence-electron chi connectivity index (χ0n) is 32.0. The highest BCUT2D eigenvalue weighted by Crippen LogP contribution is 2.22. The largest absolute Gasteiger partial charge is 0.489 e. The van der Waals surface area contributed by atoms with Gasteiger partial charge in [0.2, 0.25) is 11.9 Å². The van der Waals surface area contributed by atoms with Crippen LogP contribution in [-0.4, -0.2) is 82.1 Å². The SMILES string of the molecule is NC(=NC(=O)[C@@H]1CCCN1C(=O)[C@H](Cc1ccc(OCc2ccccc2)cc1)NC(=O)OCc1ccccc1)N(CCC[C@H](N)C(=O)O)C(=O)OCc1ccccc1. The first-order chi connectivity index (χ1) is 28.1. The van der Waals surface area contributed by atoms with Crippen LogP contribution < -0.4 is 21.5 Å². The fourth-order valence-corrected chi connectivity index (χ4v) is 6.23. The molecule has 0 bridgehead atoms. The molecule has 15 heteroatoms. The Morgan fingerprint density at radius 3 is 1.95 bits per heavy atom. The van der Waals surface area contributed by atoms with Gasteiger partial charge in [0.15, 0.2) is 0 Å². The van der Waals surface area contributed by atoms with Crippen LogP contribution in [-0.2, 0) is 50.1 Å². The second-order valence-electron chi connectivity index (χ2n) is 13.7. The van der Waals surface area contributed by atoms with E-state index in [0.717, 1.165) is 16.0 Å². The summed E-state index contributed by atoms with van der Waals surface area (Å²) in [5, 5.41) is 11.9. The Kier molecular flexibility index (Phi) is 15.7. The van der Waals surface area contributed by atoms with E-state index >= 15 is 0 Å². The molecule has 0 spiro atoms. The number of amides is 4. The Hall–Kier alpha value is -6.74. The Bertz CT molecular complexity index is 2000. The molecule has 0 aromatic heterocycles. The number of carboxylic acid groups (broad SMARTS) is 1. The van der Waals surface area contributed by atoms with E-state index in [0.29, 0.717) is 29.9 Å². The van der Waals surface area contributed by atoms with E-state index in [1.54, 1.807) is 60.7 Å².